The lowest BCUT2D eigenvalue weighted by atomic mass is 10.0. The van der Waals surface area contributed by atoms with Crippen LogP contribution in [0.5, 0.6) is 0 Å². The molecule has 4 aromatic rings. The molecule has 4 rings (SSSR count). The minimum absolute atomic E-state index is 0.865. The Hall–Kier alpha value is -2.30. The van der Waals surface area contributed by atoms with Crippen LogP contribution < -0.4 is 0 Å². The Morgan fingerprint density at radius 3 is 1.77 bits per heavy atom. The molecule has 2 heterocycles. The minimum atomic E-state index is 0.865. The monoisotopic (exact) mass is 464 g/mol. The Kier molecular flexibility index (Phi) is 4.96. The van der Waals surface area contributed by atoms with Gasteiger partial charge in [0.1, 0.15) is 0 Å². The summed E-state index contributed by atoms with van der Waals surface area (Å²) in [5.41, 5.74) is 5.99. The highest BCUT2D eigenvalue weighted by molar-refractivity contribution is 9.10. The summed E-state index contributed by atoms with van der Waals surface area (Å²) in [6.45, 7) is 0. The fourth-order valence-corrected chi connectivity index (χ4v) is 3.28. The van der Waals surface area contributed by atoms with Crippen molar-refractivity contribution in [2.45, 2.75) is 0 Å². The minimum Gasteiger partial charge on any atom is -0.255 e. The van der Waals surface area contributed by atoms with E-state index in [2.05, 4.69) is 85.4 Å². The van der Waals surface area contributed by atoms with Gasteiger partial charge in [0.15, 0.2) is 0 Å². The van der Waals surface area contributed by atoms with Gasteiger partial charge in [0.2, 0.25) is 0 Å². The first kappa shape index (κ1) is 17.1. The summed E-state index contributed by atoms with van der Waals surface area (Å²) in [4.78, 5) is 9.33. The zero-order valence-corrected chi connectivity index (χ0v) is 16.9. The maximum Gasteiger partial charge on any atom is 0.0899 e. The van der Waals surface area contributed by atoms with Crippen LogP contribution >= 0.6 is 31.9 Å². The van der Waals surface area contributed by atoms with E-state index >= 15 is 0 Å². The van der Waals surface area contributed by atoms with Gasteiger partial charge in [-0.15, -0.1) is 0 Å². The summed E-state index contributed by atoms with van der Waals surface area (Å²) in [6, 6.07) is 26.6. The van der Waals surface area contributed by atoms with Crippen molar-refractivity contribution in [3.63, 3.8) is 0 Å². The molecule has 0 aliphatic rings. The molecule has 0 unspecified atom stereocenters. The molecule has 0 amide bonds. The van der Waals surface area contributed by atoms with Crippen molar-refractivity contribution in [1.29, 1.82) is 0 Å². The van der Waals surface area contributed by atoms with E-state index in [4.69, 9.17) is 4.98 Å². The standard InChI is InChI=1S/C22H14Br2N2/c23-18-8-4-15(5-9-18)17-13-21(16-6-10-19(24)11-7-16)26-22(14-17)20-3-1-2-12-25-20/h1-14H. The van der Waals surface area contributed by atoms with E-state index in [1.54, 1.807) is 6.20 Å². The highest BCUT2D eigenvalue weighted by atomic mass is 79.9. The van der Waals surface area contributed by atoms with Gasteiger partial charge in [-0.05, 0) is 59.7 Å². The summed E-state index contributed by atoms with van der Waals surface area (Å²) in [5.74, 6) is 0. The van der Waals surface area contributed by atoms with Gasteiger partial charge in [-0.1, -0.05) is 62.2 Å². The highest BCUT2D eigenvalue weighted by Gasteiger charge is 2.09. The molecule has 4 heteroatoms. The first-order chi connectivity index (χ1) is 12.7. The van der Waals surface area contributed by atoms with Crippen LogP contribution in [0, 0.1) is 0 Å². The van der Waals surface area contributed by atoms with E-state index in [0.29, 0.717) is 0 Å². The Labute approximate surface area is 169 Å². The van der Waals surface area contributed by atoms with Crippen molar-refractivity contribution in [2.24, 2.45) is 0 Å². The second-order valence-corrected chi connectivity index (χ2v) is 7.69. The smallest absolute Gasteiger partial charge is 0.0899 e. The molecule has 0 aliphatic heterocycles. The Balaban J connectivity index is 1.89. The summed E-state index contributed by atoms with van der Waals surface area (Å²) in [6.07, 6.45) is 1.79. The van der Waals surface area contributed by atoms with Crippen molar-refractivity contribution < 1.29 is 0 Å². The molecule has 0 spiro atoms. The van der Waals surface area contributed by atoms with Gasteiger partial charge in [-0.3, -0.25) is 4.98 Å². The maximum atomic E-state index is 4.86. The van der Waals surface area contributed by atoms with Crippen LogP contribution in [0.15, 0.2) is 94.0 Å². The van der Waals surface area contributed by atoms with Crippen LogP contribution in [-0.2, 0) is 0 Å². The molecule has 2 nitrogen and oxygen atoms in total. The first-order valence-corrected chi connectivity index (χ1v) is 9.73. The summed E-state index contributed by atoms with van der Waals surface area (Å²) < 4.78 is 2.11. The molecular formula is C22H14Br2N2. The van der Waals surface area contributed by atoms with Crippen LogP contribution in [0.2, 0.25) is 0 Å². The quantitative estimate of drug-likeness (QED) is 0.325. The van der Waals surface area contributed by atoms with E-state index in [1.165, 1.54) is 0 Å². The molecule has 0 radical (unpaired) electrons. The van der Waals surface area contributed by atoms with Crippen molar-refractivity contribution in [1.82, 2.24) is 9.97 Å². The van der Waals surface area contributed by atoms with Crippen molar-refractivity contribution in [3.8, 4) is 33.8 Å². The van der Waals surface area contributed by atoms with Gasteiger partial charge in [0.25, 0.3) is 0 Å². The third-order valence-corrected chi connectivity index (χ3v) is 5.13. The molecule has 0 saturated heterocycles. The lowest BCUT2D eigenvalue weighted by Gasteiger charge is -2.10. The second kappa shape index (κ2) is 7.52. The first-order valence-electron chi connectivity index (χ1n) is 8.14. The van der Waals surface area contributed by atoms with Crippen LogP contribution in [-0.4, -0.2) is 9.97 Å². The molecule has 126 valence electrons. The third kappa shape index (κ3) is 3.76. The number of aromatic nitrogens is 2. The molecule has 2 aromatic heterocycles. The molecule has 0 N–H and O–H groups in total. The fraction of sp³-hybridized carbons (Fsp3) is 0. The largest absolute Gasteiger partial charge is 0.255 e. The van der Waals surface area contributed by atoms with Gasteiger partial charge >= 0.3 is 0 Å². The predicted molar refractivity (Wildman–Crippen MR) is 114 cm³/mol. The van der Waals surface area contributed by atoms with E-state index in [0.717, 1.165) is 42.7 Å². The molecule has 0 fully saturated rings. The molecule has 26 heavy (non-hydrogen) atoms. The lowest BCUT2D eigenvalue weighted by Crippen LogP contribution is -1.92. The van der Waals surface area contributed by atoms with Crippen LogP contribution in [0.1, 0.15) is 0 Å². The Bertz CT molecular complexity index is 964. The van der Waals surface area contributed by atoms with Gasteiger partial charge in [-0.2, -0.15) is 0 Å². The molecular weight excluding hydrogens is 452 g/mol. The van der Waals surface area contributed by atoms with Crippen molar-refractivity contribution >= 4 is 31.9 Å². The number of hydrogen-bond donors (Lipinski definition) is 0. The highest BCUT2D eigenvalue weighted by Crippen LogP contribution is 2.30. The fourth-order valence-electron chi connectivity index (χ4n) is 2.75. The summed E-state index contributed by atoms with van der Waals surface area (Å²) in [7, 11) is 0. The number of halogens is 2. The van der Waals surface area contributed by atoms with Gasteiger partial charge in [0.05, 0.1) is 17.1 Å². The summed E-state index contributed by atoms with van der Waals surface area (Å²) in [5, 5.41) is 0. The SMILES string of the molecule is Brc1ccc(-c2cc(-c3ccc(Br)cc3)nc(-c3ccccn3)c2)cc1. The van der Waals surface area contributed by atoms with Gasteiger partial charge in [0, 0.05) is 20.7 Å². The molecule has 2 aromatic carbocycles. The van der Waals surface area contributed by atoms with Crippen molar-refractivity contribution in [2.75, 3.05) is 0 Å². The van der Waals surface area contributed by atoms with E-state index in [9.17, 15) is 0 Å². The number of benzene rings is 2. The normalized spacial score (nSPS) is 10.7. The number of pyridine rings is 2. The Morgan fingerprint density at radius 1 is 0.538 bits per heavy atom. The third-order valence-electron chi connectivity index (χ3n) is 4.07. The van der Waals surface area contributed by atoms with E-state index in [-0.39, 0.29) is 0 Å². The summed E-state index contributed by atoms with van der Waals surface area (Å²) >= 11 is 6.99. The Morgan fingerprint density at radius 2 is 1.15 bits per heavy atom. The molecule has 0 bridgehead atoms. The molecule has 0 saturated carbocycles. The van der Waals surface area contributed by atoms with Crippen LogP contribution in [0.3, 0.4) is 0 Å². The predicted octanol–water partition coefficient (Wildman–Crippen LogP) is 7.00. The molecule has 0 atom stereocenters. The van der Waals surface area contributed by atoms with E-state index < -0.39 is 0 Å². The van der Waals surface area contributed by atoms with Gasteiger partial charge in [-0.25, -0.2) is 4.98 Å². The zero-order valence-electron chi connectivity index (χ0n) is 13.7. The second-order valence-electron chi connectivity index (χ2n) is 5.86. The number of nitrogens with zero attached hydrogens (tertiary/aromatic N) is 2. The lowest BCUT2D eigenvalue weighted by molar-refractivity contribution is 1.25. The molecule has 0 aliphatic carbocycles. The zero-order chi connectivity index (χ0) is 17.9. The van der Waals surface area contributed by atoms with Crippen LogP contribution in [0.25, 0.3) is 33.8 Å². The number of hydrogen-bond acceptors (Lipinski definition) is 2. The van der Waals surface area contributed by atoms with Crippen molar-refractivity contribution in [3.05, 3.63) is 94.0 Å². The van der Waals surface area contributed by atoms with Gasteiger partial charge < -0.3 is 0 Å². The van der Waals surface area contributed by atoms with E-state index in [1.807, 2.05) is 30.3 Å². The maximum absolute atomic E-state index is 4.86. The topological polar surface area (TPSA) is 25.8 Å². The average Bonchev–Trinajstić information content (AvgIpc) is 2.69. The number of rotatable bonds is 3. The van der Waals surface area contributed by atoms with Crippen LogP contribution in [0.4, 0.5) is 0 Å². The average molecular weight is 466 g/mol.